The first-order valence-corrected chi connectivity index (χ1v) is 4.32. The van der Waals surface area contributed by atoms with Gasteiger partial charge < -0.3 is 4.42 Å². The maximum atomic E-state index is 5.46. The fraction of sp³-hybridized carbons (Fsp3) is 0.556. The lowest BCUT2D eigenvalue weighted by atomic mass is 10.1. The van der Waals surface area contributed by atoms with Crippen molar-refractivity contribution in [2.75, 3.05) is 0 Å². The van der Waals surface area contributed by atoms with Crippen LogP contribution < -0.4 is 11.3 Å². The van der Waals surface area contributed by atoms with Gasteiger partial charge in [-0.25, -0.2) is 0 Å². The van der Waals surface area contributed by atoms with E-state index in [1.807, 2.05) is 13.0 Å². The molecule has 1 unspecified atom stereocenters. The van der Waals surface area contributed by atoms with Crippen LogP contribution in [-0.4, -0.2) is 0 Å². The third-order valence-corrected chi connectivity index (χ3v) is 2.38. The van der Waals surface area contributed by atoms with Gasteiger partial charge in [0.1, 0.15) is 5.76 Å². The van der Waals surface area contributed by atoms with E-state index in [1.54, 1.807) is 6.26 Å². The minimum absolute atomic E-state index is 0.294. The van der Waals surface area contributed by atoms with Gasteiger partial charge in [0, 0.05) is 5.56 Å². The molecule has 3 N–H and O–H groups in total. The molecule has 0 amide bonds. The van der Waals surface area contributed by atoms with Crippen LogP contribution in [0.15, 0.2) is 16.7 Å². The van der Waals surface area contributed by atoms with E-state index in [4.69, 9.17) is 10.3 Å². The summed E-state index contributed by atoms with van der Waals surface area (Å²) in [6.45, 7) is 1.95. The molecule has 3 heteroatoms. The van der Waals surface area contributed by atoms with E-state index < -0.39 is 0 Å². The Hall–Kier alpha value is -0.800. The molecule has 0 spiro atoms. The first-order chi connectivity index (χ1) is 5.81. The summed E-state index contributed by atoms with van der Waals surface area (Å²) in [5, 5.41) is 0. The van der Waals surface area contributed by atoms with Crippen LogP contribution in [-0.2, 0) is 0 Å². The van der Waals surface area contributed by atoms with Gasteiger partial charge in [0.15, 0.2) is 0 Å². The molecular weight excluding hydrogens is 152 g/mol. The number of nitrogens with one attached hydrogen (secondary N) is 1. The SMILES string of the molecule is Cc1cc(C(NN)C2CC2)co1. The Morgan fingerprint density at radius 3 is 2.83 bits per heavy atom. The third kappa shape index (κ3) is 1.38. The predicted molar refractivity (Wildman–Crippen MR) is 46.2 cm³/mol. The Bertz CT molecular complexity index is 265. The molecule has 0 aliphatic heterocycles. The van der Waals surface area contributed by atoms with Crippen molar-refractivity contribution in [2.45, 2.75) is 25.8 Å². The Morgan fingerprint density at radius 1 is 1.67 bits per heavy atom. The predicted octanol–water partition coefficient (Wildman–Crippen LogP) is 1.50. The summed E-state index contributed by atoms with van der Waals surface area (Å²) in [7, 11) is 0. The van der Waals surface area contributed by atoms with Crippen LogP contribution in [0.1, 0.15) is 30.2 Å². The maximum Gasteiger partial charge on any atom is 0.101 e. The van der Waals surface area contributed by atoms with E-state index in [-0.39, 0.29) is 0 Å². The Kier molecular flexibility index (Phi) is 1.90. The van der Waals surface area contributed by atoms with E-state index in [0.29, 0.717) is 12.0 Å². The molecule has 3 nitrogen and oxygen atoms in total. The van der Waals surface area contributed by atoms with Crippen LogP contribution in [0.25, 0.3) is 0 Å². The summed E-state index contributed by atoms with van der Waals surface area (Å²) in [6, 6.07) is 2.34. The summed E-state index contributed by atoms with van der Waals surface area (Å²) in [5.41, 5.74) is 4.01. The Balaban J connectivity index is 2.15. The fourth-order valence-electron chi connectivity index (χ4n) is 1.56. The molecule has 0 aromatic carbocycles. The standard InChI is InChI=1S/C9H14N2O/c1-6-4-8(5-12-6)9(11-10)7-2-3-7/h4-5,7,9,11H,2-3,10H2,1H3. The average molecular weight is 166 g/mol. The van der Waals surface area contributed by atoms with E-state index in [1.165, 1.54) is 18.4 Å². The van der Waals surface area contributed by atoms with Gasteiger partial charge in [0.05, 0.1) is 12.3 Å². The molecule has 12 heavy (non-hydrogen) atoms. The van der Waals surface area contributed by atoms with Crippen molar-refractivity contribution in [3.8, 4) is 0 Å². The monoisotopic (exact) mass is 166 g/mol. The fourth-order valence-corrected chi connectivity index (χ4v) is 1.56. The smallest absolute Gasteiger partial charge is 0.101 e. The zero-order valence-corrected chi connectivity index (χ0v) is 7.21. The first-order valence-electron chi connectivity index (χ1n) is 4.32. The molecule has 1 aromatic rings. The molecule has 1 saturated carbocycles. The number of hydrazine groups is 1. The number of furan rings is 1. The maximum absolute atomic E-state index is 5.46. The van der Waals surface area contributed by atoms with Crippen molar-refractivity contribution in [3.63, 3.8) is 0 Å². The van der Waals surface area contributed by atoms with Gasteiger partial charge in [-0.05, 0) is 31.7 Å². The van der Waals surface area contributed by atoms with Crippen molar-refractivity contribution in [3.05, 3.63) is 23.7 Å². The summed E-state index contributed by atoms with van der Waals surface area (Å²) < 4.78 is 5.23. The molecule has 1 atom stereocenters. The molecule has 0 bridgehead atoms. The Labute approximate surface area is 71.9 Å². The van der Waals surface area contributed by atoms with Crippen LogP contribution in [0, 0.1) is 12.8 Å². The minimum Gasteiger partial charge on any atom is -0.469 e. The molecule has 1 aliphatic carbocycles. The number of hydrogen-bond acceptors (Lipinski definition) is 3. The Morgan fingerprint density at radius 2 is 2.42 bits per heavy atom. The first kappa shape index (κ1) is 7.83. The van der Waals surface area contributed by atoms with Crippen molar-refractivity contribution < 1.29 is 4.42 Å². The summed E-state index contributed by atoms with van der Waals surface area (Å²) in [5.74, 6) is 7.13. The third-order valence-electron chi connectivity index (χ3n) is 2.38. The lowest BCUT2D eigenvalue weighted by Gasteiger charge is -2.11. The van der Waals surface area contributed by atoms with Crippen molar-refractivity contribution in [1.82, 2.24) is 5.43 Å². The molecule has 66 valence electrons. The van der Waals surface area contributed by atoms with E-state index >= 15 is 0 Å². The van der Waals surface area contributed by atoms with E-state index in [9.17, 15) is 0 Å². The summed E-state index contributed by atoms with van der Waals surface area (Å²) >= 11 is 0. The lowest BCUT2D eigenvalue weighted by Crippen LogP contribution is -2.29. The lowest BCUT2D eigenvalue weighted by molar-refractivity contribution is 0.481. The second-order valence-electron chi connectivity index (χ2n) is 3.47. The zero-order valence-electron chi connectivity index (χ0n) is 7.21. The van der Waals surface area contributed by atoms with Gasteiger partial charge in [0.25, 0.3) is 0 Å². The van der Waals surface area contributed by atoms with Crippen LogP contribution in [0.3, 0.4) is 0 Å². The van der Waals surface area contributed by atoms with Crippen LogP contribution >= 0.6 is 0 Å². The molecule has 0 saturated heterocycles. The summed E-state index contributed by atoms with van der Waals surface area (Å²) in [6.07, 6.45) is 4.34. The topological polar surface area (TPSA) is 51.2 Å². The van der Waals surface area contributed by atoms with Gasteiger partial charge in [-0.3, -0.25) is 11.3 Å². The van der Waals surface area contributed by atoms with E-state index in [0.717, 1.165) is 5.76 Å². The van der Waals surface area contributed by atoms with Crippen molar-refractivity contribution in [1.29, 1.82) is 0 Å². The second kappa shape index (κ2) is 2.92. The zero-order chi connectivity index (χ0) is 8.55. The number of hydrogen-bond donors (Lipinski definition) is 2. The van der Waals surface area contributed by atoms with Gasteiger partial charge >= 0.3 is 0 Å². The molecule has 1 fully saturated rings. The highest BCUT2D eigenvalue weighted by Gasteiger charge is 2.32. The summed E-state index contributed by atoms with van der Waals surface area (Å²) in [4.78, 5) is 0. The van der Waals surface area contributed by atoms with E-state index in [2.05, 4.69) is 5.43 Å². The van der Waals surface area contributed by atoms with Gasteiger partial charge in [0.2, 0.25) is 0 Å². The molecular formula is C9H14N2O. The van der Waals surface area contributed by atoms with Crippen LogP contribution in [0.2, 0.25) is 0 Å². The average Bonchev–Trinajstić information content (AvgIpc) is 2.78. The quantitative estimate of drug-likeness (QED) is 0.528. The van der Waals surface area contributed by atoms with Crippen LogP contribution in [0.5, 0.6) is 0 Å². The molecule has 1 aromatic heterocycles. The van der Waals surface area contributed by atoms with Gasteiger partial charge in [-0.1, -0.05) is 0 Å². The molecule has 0 radical (unpaired) electrons. The molecule has 2 rings (SSSR count). The highest BCUT2D eigenvalue weighted by molar-refractivity contribution is 5.18. The molecule has 1 aliphatic rings. The minimum atomic E-state index is 0.294. The van der Waals surface area contributed by atoms with Crippen molar-refractivity contribution >= 4 is 0 Å². The van der Waals surface area contributed by atoms with Gasteiger partial charge in [-0.2, -0.15) is 0 Å². The number of nitrogens with two attached hydrogens (primary N) is 1. The normalized spacial score (nSPS) is 19.5. The highest BCUT2D eigenvalue weighted by atomic mass is 16.3. The van der Waals surface area contributed by atoms with Crippen molar-refractivity contribution in [2.24, 2.45) is 11.8 Å². The second-order valence-corrected chi connectivity index (χ2v) is 3.47. The van der Waals surface area contributed by atoms with Gasteiger partial charge in [-0.15, -0.1) is 0 Å². The van der Waals surface area contributed by atoms with Crippen LogP contribution in [0.4, 0.5) is 0 Å². The number of rotatable bonds is 3. The largest absolute Gasteiger partial charge is 0.469 e. The highest BCUT2D eigenvalue weighted by Crippen LogP contribution is 2.40. The number of aryl methyl sites for hydroxylation is 1. The molecule has 1 heterocycles.